The molecule has 2 N–H and O–H groups in total. The van der Waals surface area contributed by atoms with E-state index in [1.807, 2.05) is 0 Å². The standard InChI is InChI=1S/C88H110N2O4P2/c1-81(2,3)57-45-65-66-46-58(82(4,5)6)50-70(86(16,17)18)78(66)92-95(91-77(65)69(49-57)85(13,14)15)89-75-63(53-35-27-25-28-36-53)43-55-39-31-33-41-61(55)73(75)74-62-42-34-32-40-56(62)44-64(54-37-29-26-30-38-54)76(74)90-96-93-79-67(47-59(83(7,8)9)51-71(79)87(19,20)21)68-48-60(84(10,11)12)52-72(80(68)94-96)88(22,23)24/h25-30,35-38,43-52,89-90H,31-34,39-42H2,1-24H3. The second-order valence-electron chi connectivity index (χ2n) is 36.5. The minimum Gasteiger partial charge on any atom is -0.404 e. The van der Waals surface area contributed by atoms with Gasteiger partial charge in [0.05, 0.1) is 11.4 Å². The van der Waals surface area contributed by atoms with Crippen LogP contribution in [0.15, 0.2) is 138 Å². The summed E-state index contributed by atoms with van der Waals surface area (Å²) in [6.07, 6.45) is 8.22. The zero-order chi connectivity index (χ0) is 69.4. The summed E-state index contributed by atoms with van der Waals surface area (Å²) in [6, 6.07) is 46.6. The maximum Gasteiger partial charge on any atom is 0.338 e. The van der Waals surface area contributed by atoms with Crippen LogP contribution >= 0.6 is 16.3 Å². The zero-order valence-corrected chi connectivity index (χ0v) is 64.5. The van der Waals surface area contributed by atoms with E-state index in [9.17, 15) is 0 Å². The molecule has 0 unspecified atom stereocenters. The molecule has 8 heteroatoms. The second kappa shape index (κ2) is 24.6. The quantitative estimate of drug-likeness (QED) is 0.166. The van der Waals surface area contributed by atoms with E-state index in [1.165, 1.54) is 77.9 Å². The van der Waals surface area contributed by atoms with Crippen molar-refractivity contribution in [3.05, 3.63) is 188 Å². The van der Waals surface area contributed by atoms with Gasteiger partial charge in [-0.2, -0.15) is 0 Å². The molecule has 0 radical (unpaired) electrons. The molecular formula is C88H110N2O4P2. The predicted octanol–water partition coefficient (Wildman–Crippen LogP) is 27.8. The van der Waals surface area contributed by atoms with Gasteiger partial charge in [0.15, 0.2) is 0 Å². The molecular weight excluding hydrogens is 1210 g/mol. The Kier molecular flexibility index (Phi) is 17.7. The van der Waals surface area contributed by atoms with Crippen LogP contribution in [0, 0.1) is 0 Å². The van der Waals surface area contributed by atoms with Gasteiger partial charge in [0.2, 0.25) is 0 Å². The van der Waals surface area contributed by atoms with E-state index in [2.05, 4.69) is 298 Å². The Bertz CT molecular complexity index is 4260. The molecule has 0 atom stereocenters. The van der Waals surface area contributed by atoms with E-state index in [1.54, 1.807) is 0 Å². The lowest BCUT2D eigenvalue weighted by Crippen LogP contribution is -2.17. The van der Waals surface area contributed by atoms with Crippen LogP contribution in [-0.2, 0) is 69.0 Å². The fourth-order valence-corrected chi connectivity index (χ4v) is 17.1. The van der Waals surface area contributed by atoms with E-state index >= 15 is 0 Å². The van der Waals surface area contributed by atoms with Gasteiger partial charge in [-0.05, 0) is 187 Å². The lowest BCUT2D eigenvalue weighted by atomic mass is 9.76. The summed E-state index contributed by atoms with van der Waals surface area (Å²) in [7, 11) is -3.99. The average molecular weight is 1320 g/mol. The molecule has 96 heavy (non-hydrogen) atoms. The highest BCUT2D eigenvalue weighted by Crippen LogP contribution is 2.57. The van der Waals surface area contributed by atoms with Gasteiger partial charge in [0.25, 0.3) is 0 Å². The Morgan fingerprint density at radius 2 is 0.542 bits per heavy atom. The molecule has 12 rings (SSSR count). The van der Waals surface area contributed by atoms with Crippen molar-refractivity contribution < 1.29 is 16.8 Å². The molecule has 2 aromatic heterocycles. The first kappa shape index (κ1) is 69.1. The van der Waals surface area contributed by atoms with Crippen LogP contribution in [0.3, 0.4) is 0 Å². The molecule has 0 aliphatic heterocycles. The third-order valence-corrected chi connectivity index (χ3v) is 22.7. The Labute approximate surface area is 577 Å². The van der Waals surface area contributed by atoms with Crippen LogP contribution in [0.5, 0.6) is 0 Å². The Hall–Kier alpha value is -6.84. The Balaban J connectivity index is 1.28. The van der Waals surface area contributed by atoms with Crippen LogP contribution in [0.2, 0.25) is 0 Å². The van der Waals surface area contributed by atoms with E-state index in [0.717, 1.165) is 129 Å². The minimum absolute atomic E-state index is 0.141. The van der Waals surface area contributed by atoms with Crippen LogP contribution in [-0.4, -0.2) is 0 Å². The van der Waals surface area contributed by atoms with Crippen molar-refractivity contribution in [2.24, 2.45) is 0 Å². The molecule has 506 valence electrons. The first-order chi connectivity index (χ1) is 44.6. The summed E-state index contributed by atoms with van der Waals surface area (Å²) in [5, 5.41) is 13.1. The highest BCUT2D eigenvalue weighted by molar-refractivity contribution is 7.39. The highest BCUT2D eigenvalue weighted by Gasteiger charge is 2.36. The number of aryl methyl sites for hydroxylation is 2. The van der Waals surface area contributed by atoms with Gasteiger partial charge >= 0.3 is 16.3 Å². The fraction of sp³-hybridized carbons (Fsp3) is 0.455. The Morgan fingerprint density at radius 1 is 0.292 bits per heavy atom. The summed E-state index contributed by atoms with van der Waals surface area (Å²) in [5.41, 5.74) is 26.1. The van der Waals surface area contributed by atoms with E-state index < -0.39 is 16.3 Å². The largest absolute Gasteiger partial charge is 0.404 e. The van der Waals surface area contributed by atoms with Gasteiger partial charge in [-0.15, -0.1) is 0 Å². The molecule has 0 spiro atoms. The predicted molar refractivity (Wildman–Crippen MR) is 416 cm³/mol. The van der Waals surface area contributed by atoms with Crippen LogP contribution in [0.4, 0.5) is 11.4 Å². The second-order valence-corrected chi connectivity index (χ2v) is 38.7. The summed E-state index contributed by atoms with van der Waals surface area (Å²) in [5.74, 6) is 0. The monoisotopic (exact) mass is 1320 g/mol. The molecule has 10 aromatic rings. The van der Waals surface area contributed by atoms with Crippen molar-refractivity contribution in [3.8, 4) is 33.4 Å². The lowest BCUT2D eigenvalue weighted by Gasteiger charge is -2.31. The van der Waals surface area contributed by atoms with Crippen molar-refractivity contribution in [2.75, 3.05) is 10.2 Å². The number of anilines is 2. The van der Waals surface area contributed by atoms with Gasteiger partial charge in [-0.1, -0.05) is 251 Å². The fourth-order valence-electron chi connectivity index (χ4n) is 14.6. The number of hydrogen-bond acceptors (Lipinski definition) is 6. The smallest absolute Gasteiger partial charge is 0.338 e. The van der Waals surface area contributed by atoms with Crippen LogP contribution in [0.25, 0.3) is 77.3 Å². The van der Waals surface area contributed by atoms with E-state index in [0.29, 0.717) is 0 Å². The maximum atomic E-state index is 7.94. The van der Waals surface area contributed by atoms with E-state index in [4.69, 9.17) is 16.8 Å². The molecule has 0 bridgehead atoms. The first-order valence-electron chi connectivity index (χ1n) is 35.8. The summed E-state index contributed by atoms with van der Waals surface area (Å²) >= 11 is 0. The Morgan fingerprint density at radius 3 is 0.781 bits per heavy atom. The van der Waals surface area contributed by atoms with Gasteiger partial charge in [-0.3, -0.25) is 10.2 Å². The van der Waals surface area contributed by atoms with Gasteiger partial charge in [0, 0.05) is 66.1 Å². The number of hydrogen-bond donors (Lipinski definition) is 2. The first-order valence-corrected chi connectivity index (χ1v) is 38.1. The SMILES string of the molecule is CC(C)(C)c1cc(C(C)(C)C)c2op(Nc3c(-c4ccccc4)cc4c(c3-c3c5c(cc(-c6ccccc6)c3Np3oc6c(C(C)(C)C)cc(C(C)(C)C)cc6c6cc(C(C)(C)C)cc(C(C)(C)C)c6o3)CCCC5)CCCC4)oc3c(C(C)(C)C)cc(C(C)(C)C)cc3c2c1. The summed E-state index contributed by atoms with van der Waals surface area (Å²) in [6.45, 7) is 56.0. The van der Waals surface area contributed by atoms with Crippen molar-refractivity contribution in [2.45, 2.75) is 261 Å². The maximum absolute atomic E-state index is 7.94. The van der Waals surface area contributed by atoms with Gasteiger partial charge in [0.1, 0.15) is 22.3 Å². The van der Waals surface area contributed by atoms with Crippen LogP contribution < -0.4 is 10.2 Å². The molecule has 0 fully saturated rings. The van der Waals surface area contributed by atoms with Gasteiger partial charge in [-0.25, -0.2) is 0 Å². The molecule has 0 saturated heterocycles. The number of benzene rings is 8. The van der Waals surface area contributed by atoms with Crippen molar-refractivity contribution in [1.29, 1.82) is 0 Å². The summed E-state index contributed by atoms with van der Waals surface area (Å²) in [4.78, 5) is 0. The number of fused-ring (bicyclic) bond motifs is 8. The molecule has 8 aromatic carbocycles. The topological polar surface area (TPSA) is 76.6 Å². The minimum atomic E-state index is -1.99. The average Bonchev–Trinajstić information content (AvgIpc) is 1.18. The zero-order valence-electron chi connectivity index (χ0n) is 62.7. The highest BCUT2D eigenvalue weighted by atomic mass is 31.1. The normalized spacial score (nSPS) is 14.5. The third-order valence-electron chi connectivity index (χ3n) is 20.5. The molecule has 6 nitrogen and oxygen atoms in total. The summed E-state index contributed by atoms with van der Waals surface area (Å²) < 4.78 is 31.8. The van der Waals surface area contributed by atoms with Crippen molar-refractivity contribution >= 4 is 71.6 Å². The van der Waals surface area contributed by atoms with Crippen molar-refractivity contribution in [3.63, 3.8) is 0 Å². The molecule has 2 aliphatic rings. The lowest BCUT2D eigenvalue weighted by molar-refractivity contribution is 0.555. The molecule has 2 heterocycles. The molecule has 0 amide bonds. The van der Waals surface area contributed by atoms with Gasteiger partial charge < -0.3 is 16.8 Å². The third kappa shape index (κ3) is 13.5. The molecule has 2 aliphatic carbocycles. The number of nitrogens with one attached hydrogen (secondary N) is 2. The van der Waals surface area contributed by atoms with Crippen LogP contribution in [0.1, 0.15) is 259 Å². The number of rotatable bonds is 7. The molecule has 0 saturated carbocycles. The van der Waals surface area contributed by atoms with E-state index in [-0.39, 0.29) is 43.3 Å². The van der Waals surface area contributed by atoms with Crippen molar-refractivity contribution in [1.82, 2.24) is 0 Å².